The molecule has 0 aliphatic heterocycles. The van der Waals surface area contributed by atoms with Gasteiger partial charge >= 0.3 is 0 Å². The van der Waals surface area contributed by atoms with Gasteiger partial charge in [-0.15, -0.1) is 0 Å². The summed E-state index contributed by atoms with van der Waals surface area (Å²) >= 11 is 0. The van der Waals surface area contributed by atoms with Crippen molar-refractivity contribution >= 4 is 5.82 Å². The Labute approximate surface area is 105 Å². The number of aromatic nitrogens is 1. The molecule has 0 saturated heterocycles. The van der Waals surface area contributed by atoms with Crippen molar-refractivity contribution < 1.29 is 8.91 Å². The van der Waals surface area contributed by atoms with E-state index in [0.717, 1.165) is 23.3 Å². The van der Waals surface area contributed by atoms with Crippen molar-refractivity contribution in [1.29, 1.82) is 0 Å². The van der Waals surface area contributed by atoms with E-state index < -0.39 is 0 Å². The van der Waals surface area contributed by atoms with Gasteiger partial charge in [0.1, 0.15) is 11.6 Å². The van der Waals surface area contributed by atoms with E-state index in [9.17, 15) is 4.39 Å². The molecule has 0 radical (unpaired) electrons. The number of halogens is 1. The minimum Gasteiger partial charge on any atom is -0.380 e. The van der Waals surface area contributed by atoms with Crippen molar-refractivity contribution in [2.75, 3.05) is 5.73 Å². The first-order valence-electron chi connectivity index (χ1n) is 6.00. The topological polar surface area (TPSA) is 52.0 Å². The molecule has 1 aromatic carbocycles. The minimum absolute atomic E-state index is 0.237. The Morgan fingerprint density at radius 2 is 1.94 bits per heavy atom. The summed E-state index contributed by atoms with van der Waals surface area (Å²) in [5.74, 6) is 1.29. The fraction of sp³-hybridized carbons (Fsp3) is 0.357. The maximum absolute atomic E-state index is 13.0. The summed E-state index contributed by atoms with van der Waals surface area (Å²) in [6.45, 7) is 4.37. The summed E-state index contributed by atoms with van der Waals surface area (Å²) in [6, 6.07) is 6.25. The quantitative estimate of drug-likeness (QED) is 0.881. The fourth-order valence-corrected chi connectivity index (χ4v) is 2.38. The SMILES string of the molecule is CC1(C)CC1c1onc(N)c1-c1ccc(F)cc1. The number of benzene rings is 1. The van der Waals surface area contributed by atoms with E-state index in [1.807, 2.05) is 0 Å². The van der Waals surface area contributed by atoms with Gasteiger partial charge in [0.05, 0.1) is 5.56 Å². The first-order valence-corrected chi connectivity index (χ1v) is 6.00. The van der Waals surface area contributed by atoms with E-state index >= 15 is 0 Å². The number of rotatable bonds is 2. The first-order chi connectivity index (χ1) is 8.49. The van der Waals surface area contributed by atoms with Crippen molar-refractivity contribution in [3.8, 4) is 11.1 Å². The van der Waals surface area contributed by atoms with Gasteiger partial charge in [0.25, 0.3) is 0 Å². The van der Waals surface area contributed by atoms with E-state index in [2.05, 4.69) is 19.0 Å². The fourth-order valence-electron chi connectivity index (χ4n) is 2.38. The Morgan fingerprint density at radius 3 is 2.50 bits per heavy atom. The van der Waals surface area contributed by atoms with Gasteiger partial charge in [0.2, 0.25) is 0 Å². The maximum atomic E-state index is 13.0. The molecular weight excluding hydrogens is 231 g/mol. The molecule has 94 valence electrons. The zero-order valence-electron chi connectivity index (χ0n) is 10.4. The predicted octanol–water partition coefficient (Wildman–Crippen LogP) is 3.58. The van der Waals surface area contributed by atoms with Gasteiger partial charge in [0.15, 0.2) is 5.82 Å². The molecule has 0 spiro atoms. The van der Waals surface area contributed by atoms with Crippen LogP contribution in [-0.4, -0.2) is 5.16 Å². The standard InChI is InChI=1S/C14H15FN2O/c1-14(2)7-10(14)12-11(13(16)17-18-12)8-3-5-9(15)6-4-8/h3-6,10H,7H2,1-2H3,(H2,16,17). The Bertz CT molecular complexity index is 586. The summed E-state index contributed by atoms with van der Waals surface area (Å²) in [6.07, 6.45) is 1.07. The molecule has 3 nitrogen and oxygen atoms in total. The molecule has 1 atom stereocenters. The van der Waals surface area contributed by atoms with Crippen molar-refractivity contribution in [3.63, 3.8) is 0 Å². The minimum atomic E-state index is -0.262. The molecular formula is C14H15FN2O. The normalized spacial score (nSPS) is 20.9. The van der Waals surface area contributed by atoms with E-state index in [0.29, 0.717) is 11.7 Å². The molecule has 18 heavy (non-hydrogen) atoms. The number of nitrogen functional groups attached to an aromatic ring is 1. The largest absolute Gasteiger partial charge is 0.380 e. The van der Waals surface area contributed by atoms with Crippen molar-refractivity contribution in [1.82, 2.24) is 5.16 Å². The molecule has 1 aromatic heterocycles. The van der Waals surface area contributed by atoms with Crippen LogP contribution >= 0.6 is 0 Å². The lowest BCUT2D eigenvalue weighted by molar-refractivity contribution is 0.376. The second-order valence-corrected chi connectivity index (χ2v) is 5.56. The van der Waals surface area contributed by atoms with E-state index in [1.165, 1.54) is 12.1 Å². The summed E-state index contributed by atoms with van der Waals surface area (Å²) in [5, 5.41) is 3.85. The van der Waals surface area contributed by atoms with Gasteiger partial charge in [0, 0.05) is 5.92 Å². The van der Waals surface area contributed by atoms with E-state index in [-0.39, 0.29) is 11.2 Å². The van der Waals surface area contributed by atoms with Crippen LogP contribution in [-0.2, 0) is 0 Å². The van der Waals surface area contributed by atoms with Gasteiger partial charge in [-0.1, -0.05) is 31.1 Å². The summed E-state index contributed by atoms with van der Waals surface area (Å²) in [5.41, 5.74) is 7.77. The highest BCUT2D eigenvalue weighted by Gasteiger charge is 2.50. The lowest BCUT2D eigenvalue weighted by Crippen LogP contribution is -1.93. The summed E-state index contributed by atoms with van der Waals surface area (Å²) < 4.78 is 18.3. The molecule has 2 aromatic rings. The Morgan fingerprint density at radius 1 is 1.33 bits per heavy atom. The Balaban J connectivity index is 2.06. The zero-order chi connectivity index (χ0) is 12.9. The molecule has 1 fully saturated rings. The van der Waals surface area contributed by atoms with Crippen LogP contribution in [0.4, 0.5) is 10.2 Å². The van der Waals surface area contributed by atoms with E-state index in [4.69, 9.17) is 10.3 Å². The smallest absolute Gasteiger partial charge is 0.175 e. The average molecular weight is 246 g/mol. The third-order valence-electron chi connectivity index (χ3n) is 3.71. The molecule has 1 saturated carbocycles. The van der Waals surface area contributed by atoms with Gasteiger partial charge in [-0.3, -0.25) is 0 Å². The van der Waals surface area contributed by atoms with Crippen LogP contribution in [0.1, 0.15) is 31.9 Å². The third kappa shape index (κ3) is 1.68. The molecule has 0 bridgehead atoms. The predicted molar refractivity (Wildman–Crippen MR) is 67.4 cm³/mol. The lowest BCUT2D eigenvalue weighted by Gasteiger charge is -2.04. The Hall–Kier alpha value is -1.84. The molecule has 4 heteroatoms. The van der Waals surface area contributed by atoms with Crippen molar-refractivity contribution in [2.24, 2.45) is 5.41 Å². The van der Waals surface area contributed by atoms with E-state index in [1.54, 1.807) is 12.1 Å². The van der Waals surface area contributed by atoms with Gasteiger partial charge in [-0.2, -0.15) is 0 Å². The maximum Gasteiger partial charge on any atom is 0.175 e. The highest BCUT2D eigenvalue weighted by molar-refractivity contribution is 5.76. The average Bonchev–Trinajstić information content (AvgIpc) is 2.78. The number of nitrogens with two attached hydrogens (primary N) is 1. The number of hydrogen-bond donors (Lipinski definition) is 1. The number of nitrogens with zero attached hydrogens (tertiary/aromatic N) is 1. The first kappa shape index (κ1) is 11.3. The zero-order valence-corrected chi connectivity index (χ0v) is 10.4. The molecule has 1 unspecified atom stereocenters. The lowest BCUT2D eigenvalue weighted by atomic mass is 10.0. The van der Waals surface area contributed by atoms with Crippen molar-refractivity contribution in [3.05, 3.63) is 35.8 Å². The van der Waals surface area contributed by atoms with Crippen molar-refractivity contribution in [2.45, 2.75) is 26.2 Å². The van der Waals surface area contributed by atoms with Gasteiger partial charge in [-0.25, -0.2) is 4.39 Å². The monoisotopic (exact) mass is 246 g/mol. The molecule has 2 N–H and O–H groups in total. The number of anilines is 1. The molecule has 1 aliphatic rings. The van der Waals surface area contributed by atoms with Crippen LogP contribution < -0.4 is 5.73 Å². The van der Waals surface area contributed by atoms with Gasteiger partial charge in [-0.05, 0) is 29.5 Å². The van der Waals surface area contributed by atoms with Gasteiger partial charge < -0.3 is 10.3 Å². The van der Waals surface area contributed by atoms with Crippen LogP contribution in [0.5, 0.6) is 0 Å². The molecule has 0 amide bonds. The molecule has 1 aliphatic carbocycles. The highest BCUT2D eigenvalue weighted by atomic mass is 19.1. The number of hydrogen-bond acceptors (Lipinski definition) is 3. The molecule has 3 rings (SSSR count). The van der Waals surface area contributed by atoms with Crippen LogP contribution in [0.15, 0.2) is 28.8 Å². The van der Waals surface area contributed by atoms with Crippen LogP contribution in [0.2, 0.25) is 0 Å². The second kappa shape index (κ2) is 3.57. The highest BCUT2D eigenvalue weighted by Crippen LogP contribution is 2.60. The molecule has 1 heterocycles. The Kier molecular flexibility index (Phi) is 2.24. The summed E-state index contributed by atoms with van der Waals surface area (Å²) in [7, 11) is 0. The second-order valence-electron chi connectivity index (χ2n) is 5.56. The van der Waals surface area contributed by atoms with Crippen LogP contribution in [0, 0.1) is 11.2 Å². The third-order valence-corrected chi connectivity index (χ3v) is 3.71. The van der Waals surface area contributed by atoms with Crippen LogP contribution in [0.3, 0.4) is 0 Å². The summed E-state index contributed by atoms with van der Waals surface area (Å²) in [4.78, 5) is 0. The van der Waals surface area contributed by atoms with Crippen LogP contribution in [0.25, 0.3) is 11.1 Å².